The maximum atomic E-state index is 2.50. The van der Waals surface area contributed by atoms with Crippen LogP contribution in [0.5, 0.6) is 0 Å². The zero-order valence-electron chi connectivity index (χ0n) is 27.8. The topological polar surface area (TPSA) is 0 Å². The maximum Gasteiger partial charge on any atom is 0.0440 e. The van der Waals surface area contributed by atoms with Gasteiger partial charge in [0.1, 0.15) is 0 Å². The third-order valence-corrected chi connectivity index (χ3v) is 14.1. The van der Waals surface area contributed by atoms with Crippen molar-refractivity contribution in [3.8, 4) is 65.4 Å². The lowest BCUT2D eigenvalue weighted by atomic mass is 9.93. The van der Waals surface area contributed by atoms with Gasteiger partial charge in [0.2, 0.25) is 0 Å². The molecule has 0 amide bonds. The van der Waals surface area contributed by atoms with Gasteiger partial charge in [-0.3, -0.25) is 0 Å². The van der Waals surface area contributed by atoms with Crippen molar-refractivity contribution in [3.05, 3.63) is 158 Å². The molecule has 2 aromatic heterocycles. The van der Waals surface area contributed by atoms with E-state index in [1.165, 1.54) is 129 Å². The van der Waals surface area contributed by atoms with E-state index in [1.54, 1.807) is 0 Å². The van der Waals surface area contributed by atoms with Crippen molar-refractivity contribution in [2.45, 2.75) is 0 Å². The maximum absolute atomic E-state index is 2.50. The summed E-state index contributed by atoms with van der Waals surface area (Å²) in [7, 11) is 0. The predicted octanol–water partition coefficient (Wildman–Crippen LogP) is 15.4. The molecule has 0 unspecified atom stereocenters. The number of benzene rings is 9. The first-order chi connectivity index (χ1) is 25.8. The molecule has 0 saturated carbocycles. The van der Waals surface area contributed by atoms with Crippen LogP contribution in [0.2, 0.25) is 0 Å². The van der Waals surface area contributed by atoms with Crippen LogP contribution in [0.3, 0.4) is 0 Å². The van der Waals surface area contributed by atoms with Crippen molar-refractivity contribution < 1.29 is 0 Å². The third kappa shape index (κ3) is 3.51. The third-order valence-electron chi connectivity index (χ3n) is 11.7. The standard InChI is InChI=1S/C50H26S2/c1-3-9-29-23-31(17-15-27(29)7-1)33-19-21-39-45-35(33)11-5-13-37(45)47-41-25-44-42(26-43(41)51-49(39)47)48-38-14-6-12-36-34(20-22-40(46(36)38)50(48)52-44)32-18-16-28-8-2-4-10-30(28)24-32/h1-26H. The number of thiophene rings is 2. The summed E-state index contributed by atoms with van der Waals surface area (Å²) < 4.78 is 2.75. The van der Waals surface area contributed by atoms with Gasteiger partial charge < -0.3 is 0 Å². The molecule has 52 heavy (non-hydrogen) atoms. The van der Waals surface area contributed by atoms with E-state index < -0.39 is 0 Å². The minimum Gasteiger partial charge on any atom is -0.134 e. The number of fused-ring (bicyclic) bond motifs is 12. The molecule has 0 N–H and O–H groups in total. The van der Waals surface area contributed by atoms with Crippen LogP contribution < -0.4 is 0 Å². The molecule has 0 saturated heterocycles. The van der Waals surface area contributed by atoms with Crippen LogP contribution >= 0.6 is 22.7 Å². The monoisotopic (exact) mass is 690 g/mol. The summed E-state index contributed by atoms with van der Waals surface area (Å²) in [5, 5.41) is 13.4. The average Bonchev–Trinajstić information content (AvgIpc) is 3.93. The molecule has 2 aliphatic carbocycles. The smallest absolute Gasteiger partial charge is 0.0440 e. The van der Waals surface area contributed by atoms with E-state index >= 15 is 0 Å². The summed E-state index contributed by atoms with van der Waals surface area (Å²) in [6.07, 6.45) is 0. The van der Waals surface area contributed by atoms with Crippen molar-refractivity contribution in [2.75, 3.05) is 0 Å². The lowest BCUT2D eigenvalue weighted by Gasteiger charge is -2.11. The molecule has 0 atom stereocenters. The average molecular weight is 691 g/mol. The van der Waals surface area contributed by atoms with Gasteiger partial charge in [-0.1, -0.05) is 133 Å². The number of hydrogen-bond donors (Lipinski definition) is 0. The normalized spacial score (nSPS) is 12.6. The number of rotatable bonds is 2. The van der Waals surface area contributed by atoms with Gasteiger partial charge in [0.05, 0.1) is 0 Å². The van der Waals surface area contributed by atoms with Gasteiger partial charge in [-0.05, 0) is 101 Å². The quantitative estimate of drug-likeness (QED) is 0.169. The van der Waals surface area contributed by atoms with E-state index in [4.69, 9.17) is 0 Å². The Hall–Kier alpha value is -6.06. The largest absolute Gasteiger partial charge is 0.134 e. The molecule has 13 rings (SSSR count). The van der Waals surface area contributed by atoms with Gasteiger partial charge in [-0.2, -0.15) is 0 Å². The van der Waals surface area contributed by atoms with Gasteiger partial charge in [-0.15, -0.1) is 22.7 Å². The van der Waals surface area contributed by atoms with Crippen molar-refractivity contribution in [1.82, 2.24) is 0 Å². The van der Waals surface area contributed by atoms with Crippen LogP contribution in [0.4, 0.5) is 0 Å². The Balaban J connectivity index is 0.976. The second-order valence-corrected chi connectivity index (χ2v) is 16.5. The molecule has 2 heteroatoms. The van der Waals surface area contributed by atoms with Crippen LogP contribution in [0, 0.1) is 0 Å². The SMILES string of the molecule is c1ccc2cc(-c3ccc4c5c(cccc35)-c3c-4sc4cc5c6c(sc5cc34)-c3ccc(-c4ccc5ccccc5c4)c4cccc-6c34)ccc2c1. The molecule has 238 valence electrons. The van der Waals surface area contributed by atoms with E-state index in [1.807, 2.05) is 22.7 Å². The number of hydrogen-bond acceptors (Lipinski definition) is 2. The Morgan fingerprint density at radius 1 is 0.288 bits per heavy atom. The van der Waals surface area contributed by atoms with E-state index in [9.17, 15) is 0 Å². The molecule has 0 aliphatic heterocycles. The van der Waals surface area contributed by atoms with E-state index in [0.29, 0.717) is 0 Å². The fourth-order valence-corrected chi connectivity index (χ4v) is 12.0. The van der Waals surface area contributed by atoms with Crippen LogP contribution in [0.15, 0.2) is 158 Å². The zero-order chi connectivity index (χ0) is 33.7. The van der Waals surface area contributed by atoms with Crippen molar-refractivity contribution in [3.63, 3.8) is 0 Å². The first-order valence-electron chi connectivity index (χ1n) is 17.9. The minimum absolute atomic E-state index is 1.28. The lowest BCUT2D eigenvalue weighted by Crippen LogP contribution is -1.84. The highest BCUT2D eigenvalue weighted by atomic mass is 32.1. The van der Waals surface area contributed by atoms with Gasteiger partial charge in [0.15, 0.2) is 0 Å². The molecule has 11 aromatic rings. The van der Waals surface area contributed by atoms with Gasteiger partial charge in [0.25, 0.3) is 0 Å². The van der Waals surface area contributed by atoms with Crippen LogP contribution in [-0.2, 0) is 0 Å². The van der Waals surface area contributed by atoms with E-state index in [0.717, 1.165) is 0 Å². The molecular formula is C50H26S2. The van der Waals surface area contributed by atoms with E-state index in [2.05, 4.69) is 158 Å². The minimum atomic E-state index is 1.28. The summed E-state index contributed by atoms with van der Waals surface area (Å²) in [5.74, 6) is 0. The van der Waals surface area contributed by atoms with Crippen molar-refractivity contribution in [2.24, 2.45) is 0 Å². The summed E-state index contributed by atoms with van der Waals surface area (Å²) in [6, 6.07) is 59.3. The Bertz CT molecular complexity index is 3180. The highest BCUT2D eigenvalue weighted by molar-refractivity contribution is 7.25. The molecule has 0 radical (unpaired) electrons. The lowest BCUT2D eigenvalue weighted by molar-refractivity contribution is 1.69. The summed E-state index contributed by atoms with van der Waals surface area (Å²) in [5.41, 5.74) is 13.5. The highest BCUT2D eigenvalue weighted by Gasteiger charge is 2.30. The molecule has 0 bridgehead atoms. The molecular weight excluding hydrogens is 665 g/mol. The van der Waals surface area contributed by atoms with Crippen LogP contribution in [0.1, 0.15) is 0 Å². The zero-order valence-corrected chi connectivity index (χ0v) is 29.5. The molecule has 9 aromatic carbocycles. The first-order valence-corrected chi connectivity index (χ1v) is 19.5. The molecule has 0 nitrogen and oxygen atoms in total. The first kappa shape index (κ1) is 27.6. The molecule has 0 spiro atoms. The van der Waals surface area contributed by atoms with Crippen molar-refractivity contribution in [1.29, 1.82) is 0 Å². The molecule has 0 fully saturated rings. The second-order valence-electron chi connectivity index (χ2n) is 14.4. The summed E-state index contributed by atoms with van der Waals surface area (Å²) in [4.78, 5) is 2.82. The Kier molecular flexibility index (Phi) is 5.23. The molecule has 2 aliphatic rings. The fourth-order valence-electron chi connectivity index (χ4n) is 9.43. The van der Waals surface area contributed by atoms with E-state index in [-0.39, 0.29) is 0 Å². The van der Waals surface area contributed by atoms with Crippen LogP contribution in [0.25, 0.3) is 129 Å². The van der Waals surface area contributed by atoms with Gasteiger partial charge >= 0.3 is 0 Å². The Morgan fingerprint density at radius 2 is 0.731 bits per heavy atom. The fraction of sp³-hybridized carbons (Fsp3) is 0. The van der Waals surface area contributed by atoms with Gasteiger partial charge in [0, 0.05) is 52.2 Å². The second kappa shape index (κ2) is 9.83. The summed E-state index contributed by atoms with van der Waals surface area (Å²) in [6.45, 7) is 0. The summed E-state index contributed by atoms with van der Waals surface area (Å²) >= 11 is 3.93. The molecule has 2 heterocycles. The Labute approximate surface area is 307 Å². The Morgan fingerprint density at radius 3 is 1.21 bits per heavy atom. The van der Waals surface area contributed by atoms with Gasteiger partial charge in [-0.25, -0.2) is 0 Å². The highest BCUT2D eigenvalue weighted by Crippen LogP contribution is 2.59. The van der Waals surface area contributed by atoms with Crippen LogP contribution in [-0.4, -0.2) is 0 Å². The van der Waals surface area contributed by atoms with Crippen molar-refractivity contribution >= 4 is 85.9 Å². The predicted molar refractivity (Wildman–Crippen MR) is 227 cm³/mol.